The van der Waals surface area contributed by atoms with Crippen molar-refractivity contribution in [2.45, 2.75) is 25.8 Å². The summed E-state index contributed by atoms with van der Waals surface area (Å²) in [7, 11) is 0. The molecule has 74 valence electrons. The molecule has 0 aliphatic heterocycles. The second-order valence-corrected chi connectivity index (χ2v) is 3.81. The predicted molar refractivity (Wildman–Crippen MR) is 44.1 cm³/mol. The average Bonchev–Trinajstić information content (AvgIpc) is 2.27. The molecule has 0 bridgehead atoms. The van der Waals surface area contributed by atoms with Crippen molar-refractivity contribution in [3.05, 3.63) is 0 Å². The minimum atomic E-state index is -1.20. The van der Waals surface area contributed by atoms with Gasteiger partial charge in [0.05, 0.1) is 11.3 Å². The highest BCUT2D eigenvalue weighted by atomic mass is 16.4. The topological polar surface area (TPSA) is 101 Å². The minimum absolute atomic E-state index is 0.235. The first kappa shape index (κ1) is 9.98. The van der Waals surface area contributed by atoms with Crippen LogP contribution in [0.4, 0.5) is 0 Å². The van der Waals surface area contributed by atoms with Gasteiger partial charge in [-0.15, -0.1) is 0 Å². The molecule has 0 amide bonds. The summed E-state index contributed by atoms with van der Waals surface area (Å²) >= 11 is 0. The van der Waals surface area contributed by atoms with Gasteiger partial charge < -0.3 is 15.9 Å². The highest BCUT2D eigenvalue weighted by Crippen LogP contribution is 2.42. The Bertz CT molecular complexity index is 253. The zero-order valence-electron chi connectivity index (χ0n) is 7.36. The Morgan fingerprint density at radius 2 is 2.00 bits per heavy atom. The molecule has 0 heterocycles. The van der Waals surface area contributed by atoms with E-state index >= 15 is 0 Å². The largest absolute Gasteiger partial charge is 0.481 e. The molecule has 0 aromatic rings. The molecule has 1 rings (SSSR count). The summed E-state index contributed by atoms with van der Waals surface area (Å²) < 4.78 is 0. The van der Waals surface area contributed by atoms with Gasteiger partial charge >= 0.3 is 11.9 Å². The van der Waals surface area contributed by atoms with E-state index in [1.165, 1.54) is 6.92 Å². The number of rotatable bonds is 2. The molecule has 0 aromatic carbocycles. The molecule has 5 heteroatoms. The summed E-state index contributed by atoms with van der Waals surface area (Å²) in [5.74, 6) is -3.01. The molecule has 1 saturated carbocycles. The molecule has 0 aromatic heterocycles. The lowest BCUT2D eigenvalue weighted by molar-refractivity contribution is -0.159. The molecule has 0 radical (unpaired) electrons. The monoisotopic (exact) mass is 187 g/mol. The summed E-state index contributed by atoms with van der Waals surface area (Å²) in [4.78, 5) is 21.6. The fourth-order valence-corrected chi connectivity index (χ4v) is 1.94. The normalized spacial score (nSPS) is 38.9. The van der Waals surface area contributed by atoms with E-state index < -0.39 is 23.3 Å². The Balaban J connectivity index is 2.95. The quantitative estimate of drug-likeness (QED) is 0.560. The summed E-state index contributed by atoms with van der Waals surface area (Å²) in [6.45, 7) is 1.45. The van der Waals surface area contributed by atoms with E-state index in [4.69, 9.17) is 15.9 Å². The number of nitrogens with two attached hydrogens (primary N) is 1. The van der Waals surface area contributed by atoms with Crippen LogP contribution in [-0.4, -0.2) is 28.2 Å². The van der Waals surface area contributed by atoms with E-state index in [1.54, 1.807) is 0 Å². The number of carboxylic acids is 2. The van der Waals surface area contributed by atoms with Crippen molar-refractivity contribution in [2.75, 3.05) is 0 Å². The van der Waals surface area contributed by atoms with Crippen molar-refractivity contribution in [3.8, 4) is 0 Å². The number of hydrogen-bond donors (Lipinski definition) is 3. The number of hydrogen-bond acceptors (Lipinski definition) is 3. The van der Waals surface area contributed by atoms with Gasteiger partial charge in [0.1, 0.15) is 0 Å². The van der Waals surface area contributed by atoms with Crippen LogP contribution in [-0.2, 0) is 9.59 Å². The first-order chi connectivity index (χ1) is 5.88. The van der Waals surface area contributed by atoms with Gasteiger partial charge in [-0.3, -0.25) is 9.59 Å². The fourth-order valence-electron chi connectivity index (χ4n) is 1.94. The third kappa shape index (κ3) is 1.51. The van der Waals surface area contributed by atoms with Crippen LogP contribution in [0.25, 0.3) is 0 Å². The van der Waals surface area contributed by atoms with Crippen LogP contribution < -0.4 is 5.73 Å². The number of aliphatic carboxylic acids is 2. The van der Waals surface area contributed by atoms with Crippen LogP contribution >= 0.6 is 0 Å². The minimum Gasteiger partial charge on any atom is -0.481 e. The van der Waals surface area contributed by atoms with Crippen LogP contribution in [0.3, 0.4) is 0 Å². The van der Waals surface area contributed by atoms with E-state index in [-0.39, 0.29) is 18.9 Å². The zero-order chi connectivity index (χ0) is 10.2. The Morgan fingerprint density at radius 3 is 2.31 bits per heavy atom. The van der Waals surface area contributed by atoms with Gasteiger partial charge in [-0.05, 0) is 19.8 Å². The first-order valence-electron chi connectivity index (χ1n) is 4.09. The van der Waals surface area contributed by atoms with Crippen LogP contribution in [0.5, 0.6) is 0 Å². The molecule has 4 N–H and O–H groups in total. The van der Waals surface area contributed by atoms with Gasteiger partial charge in [-0.1, -0.05) is 0 Å². The second-order valence-electron chi connectivity index (χ2n) is 3.81. The van der Waals surface area contributed by atoms with E-state index in [2.05, 4.69) is 0 Å². The lowest BCUT2D eigenvalue weighted by Gasteiger charge is -2.22. The third-order valence-corrected chi connectivity index (χ3v) is 2.78. The molecule has 13 heavy (non-hydrogen) atoms. The van der Waals surface area contributed by atoms with E-state index in [9.17, 15) is 9.59 Å². The molecule has 0 spiro atoms. The SMILES string of the molecule is CC1(C(=O)O)CC(N)CC1C(=O)O. The Labute approximate surface area is 75.5 Å². The van der Waals surface area contributed by atoms with Gasteiger partial charge in [0.2, 0.25) is 0 Å². The Kier molecular flexibility index (Phi) is 2.30. The Hall–Kier alpha value is -1.10. The molecule has 1 aliphatic rings. The average molecular weight is 187 g/mol. The fraction of sp³-hybridized carbons (Fsp3) is 0.750. The first-order valence-corrected chi connectivity index (χ1v) is 4.09. The van der Waals surface area contributed by atoms with Crippen molar-refractivity contribution in [1.29, 1.82) is 0 Å². The predicted octanol–water partition coefficient (Wildman–Crippen LogP) is -0.101. The van der Waals surface area contributed by atoms with Gasteiger partial charge in [0.15, 0.2) is 0 Å². The maximum atomic E-state index is 10.9. The van der Waals surface area contributed by atoms with Gasteiger partial charge in [-0.2, -0.15) is 0 Å². The van der Waals surface area contributed by atoms with Crippen LogP contribution in [0.15, 0.2) is 0 Å². The van der Waals surface area contributed by atoms with Gasteiger partial charge in [0, 0.05) is 6.04 Å². The van der Waals surface area contributed by atoms with E-state index in [1.807, 2.05) is 0 Å². The molecule has 1 aliphatic carbocycles. The van der Waals surface area contributed by atoms with E-state index in [0.717, 1.165) is 0 Å². The highest BCUT2D eigenvalue weighted by molar-refractivity contribution is 5.84. The maximum Gasteiger partial charge on any atom is 0.310 e. The molecule has 1 fully saturated rings. The molecule has 5 nitrogen and oxygen atoms in total. The molecule has 3 atom stereocenters. The van der Waals surface area contributed by atoms with Crippen molar-refractivity contribution >= 4 is 11.9 Å². The van der Waals surface area contributed by atoms with Gasteiger partial charge in [0.25, 0.3) is 0 Å². The molecule has 3 unspecified atom stereocenters. The Morgan fingerprint density at radius 1 is 1.46 bits per heavy atom. The van der Waals surface area contributed by atoms with Crippen molar-refractivity contribution in [1.82, 2.24) is 0 Å². The lowest BCUT2D eigenvalue weighted by atomic mass is 9.80. The smallest absolute Gasteiger partial charge is 0.310 e. The standard InChI is InChI=1S/C8H13NO4/c1-8(7(12)13)3-4(9)2-5(8)6(10)11/h4-5H,2-3,9H2,1H3,(H,10,11)(H,12,13). The highest BCUT2D eigenvalue weighted by Gasteiger charge is 2.51. The lowest BCUT2D eigenvalue weighted by Crippen LogP contribution is -2.36. The van der Waals surface area contributed by atoms with Crippen LogP contribution in [0, 0.1) is 11.3 Å². The number of carbonyl (C=O) groups is 2. The summed E-state index contributed by atoms with van der Waals surface area (Å²) in [6, 6.07) is -0.317. The van der Waals surface area contributed by atoms with Crippen molar-refractivity contribution in [3.63, 3.8) is 0 Å². The summed E-state index contributed by atoms with van der Waals surface area (Å²) in [5, 5.41) is 17.7. The number of carboxylic acid groups (broad SMARTS) is 2. The molecular weight excluding hydrogens is 174 g/mol. The third-order valence-electron chi connectivity index (χ3n) is 2.78. The van der Waals surface area contributed by atoms with Crippen molar-refractivity contribution < 1.29 is 19.8 Å². The van der Waals surface area contributed by atoms with Gasteiger partial charge in [-0.25, -0.2) is 0 Å². The van der Waals surface area contributed by atoms with Crippen LogP contribution in [0.1, 0.15) is 19.8 Å². The van der Waals surface area contributed by atoms with Crippen molar-refractivity contribution in [2.24, 2.45) is 17.1 Å². The van der Waals surface area contributed by atoms with E-state index in [0.29, 0.717) is 0 Å². The zero-order valence-corrected chi connectivity index (χ0v) is 7.36. The molecular formula is C8H13NO4. The summed E-state index contributed by atoms with van der Waals surface area (Å²) in [6.07, 6.45) is 0.484. The molecule has 0 saturated heterocycles. The summed E-state index contributed by atoms with van der Waals surface area (Å²) in [5.41, 5.74) is 4.35. The van der Waals surface area contributed by atoms with Crippen LogP contribution in [0.2, 0.25) is 0 Å². The second kappa shape index (κ2) is 2.99. The maximum absolute atomic E-state index is 10.9.